The molecule has 1 aromatic heterocycles. The lowest BCUT2D eigenvalue weighted by Gasteiger charge is -2.37. The third-order valence-corrected chi connectivity index (χ3v) is 2.22. The van der Waals surface area contributed by atoms with Crippen molar-refractivity contribution in [2.45, 2.75) is 6.92 Å². The molecule has 1 amide bonds. The number of nitrogens with one attached hydrogen (secondary N) is 2. The third-order valence-electron chi connectivity index (χ3n) is 2.22. The molecule has 1 aliphatic rings. The molecule has 1 saturated heterocycles. The average Bonchev–Trinajstić information content (AvgIpc) is 2.63. The van der Waals surface area contributed by atoms with E-state index >= 15 is 0 Å². The molecule has 0 spiro atoms. The molecule has 0 saturated carbocycles. The molecule has 2 rings (SSSR count). The fraction of sp³-hybridized carbons (Fsp3) is 0.625. The van der Waals surface area contributed by atoms with Gasteiger partial charge in [0.05, 0.1) is 19.4 Å². The van der Waals surface area contributed by atoms with E-state index in [1.165, 1.54) is 6.20 Å². The first-order valence-corrected chi connectivity index (χ1v) is 4.41. The Kier molecular flexibility index (Phi) is 2.20. The lowest BCUT2D eigenvalue weighted by molar-refractivity contribution is -0.0978. The Morgan fingerprint density at radius 2 is 2.57 bits per heavy atom. The summed E-state index contributed by atoms with van der Waals surface area (Å²) in [6.45, 7) is 4.08. The fourth-order valence-corrected chi connectivity index (χ4v) is 1.25. The number of rotatable bonds is 3. The van der Waals surface area contributed by atoms with Crippen molar-refractivity contribution >= 4 is 5.91 Å². The number of H-pyrrole nitrogens is 1. The van der Waals surface area contributed by atoms with Gasteiger partial charge in [0.15, 0.2) is 5.69 Å². The van der Waals surface area contributed by atoms with Crippen LogP contribution in [0.1, 0.15) is 17.4 Å². The molecular weight excluding hydrogens is 184 g/mol. The maximum atomic E-state index is 11.4. The summed E-state index contributed by atoms with van der Waals surface area (Å²) in [4.78, 5) is 11.4. The molecule has 0 aromatic carbocycles. The minimum atomic E-state index is -0.202. The molecule has 0 atom stereocenters. The van der Waals surface area contributed by atoms with Crippen molar-refractivity contribution in [1.29, 1.82) is 0 Å². The average molecular weight is 196 g/mol. The summed E-state index contributed by atoms with van der Waals surface area (Å²) >= 11 is 0. The second-order valence-corrected chi connectivity index (χ2v) is 3.84. The Hall–Kier alpha value is -1.43. The molecule has 14 heavy (non-hydrogen) atoms. The maximum absolute atomic E-state index is 11.4. The van der Waals surface area contributed by atoms with Crippen LogP contribution in [0.2, 0.25) is 0 Å². The van der Waals surface area contributed by atoms with Crippen LogP contribution in [0.5, 0.6) is 0 Å². The molecule has 0 radical (unpaired) electrons. The smallest absolute Gasteiger partial charge is 0.273 e. The first-order chi connectivity index (χ1) is 6.70. The summed E-state index contributed by atoms with van der Waals surface area (Å²) in [5.41, 5.74) is 0.396. The van der Waals surface area contributed by atoms with Gasteiger partial charge in [-0.05, 0) is 0 Å². The minimum absolute atomic E-state index is 0.0827. The minimum Gasteiger partial charge on any atom is -0.380 e. The molecule has 76 valence electrons. The van der Waals surface area contributed by atoms with E-state index in [-0.39, 0.29) is 11.3 Å². The van der Waals surface area contributed by atoms with Gasteiger partial charge in [0, 0.05) is 12.0 Å². The number of aromatic amines is 1. The molecule has 2 N–H and O–H groups in total. The Labute approximate surface area is 81.0 Å². The highest BCUT2D eigenvalue weighted by Crippen LogP contribution is 2.24. The number of aromatic nitrogens is 3. The highest BCUT2D eigenvalue weighted by atomic mass is 16.5. The Bertz CT molecular complexity index is 318. The molecule has 1 aromatic rings. The van der Waals surface area contributed by atoms with E-state index in [1.807, 2.05) is 0 Å². The normalized spacial score (nSPS) is 18.6. The van der Waals surface area contributed by atoms with Gasteiger partial charge in [0.1, 0.15) is 0 Å². The van der Waals surface area contributed by atoms with Crippen LogP contribution in [0.3, 0.4) is 0 Å². The molecule has 0 bridgehead atoms. The summed E-state index contributed by atoms with van der Waals surface area (Å²) in [5.74, 6) is -0.202. The zero-order valence-electron chi connectivity index (χ0n) is 7.91. The summed E-state index contributed by atoms with van der Waals surface area (Å²) in [5, 5.41) is 12.4. The molecule has 0 unspecified atom stereocenters. The van der Waals surface area contributed by atoms with E-state index in [2.05, 4.69) is 27.7 Å². The van der Waals surface area contributed by atoms with Crippen molar-refractivity contribution < 1.29 is 9.53 Å². The Balaban J connectivity index is 1.84. The lowest BCUT2D eigenvalue weighted by Crippen LogP contribution is -2.48. The zero-order chi connectivity index (χ0) is 10.0. The number of hydrogen-bond donors (Lipinski definition) is 2. The number of nitrogens with zero attached hydrogens (tertiary/aromatic N) is 2. The topological polar surface area (TPSA) is 79.9 Å². The predicted octanol–water partition coefficient (Wildman–Crippen LogP) is -0.429. The van der Waals surface area contributed by atoms with Crippen LogP contribution in [0.15, 0.2) is 6.20 Å². The molecule has 6 nitrogen and oxygen atoms in total. The largest absolute Gasteiger partial charge is 0.380 e. The zero-order valence-corrected chi connectivity index (χ0v) is 7.91. The van der Waals surface area contributed by atoms with Gasteiger partial charge in [-0.3, -0.25) is 4.79 Å². The van der Waals surface area contributed by atoms with E-state index < -0.39 is 0 Å². The van der Waals surface area contributed by atoms with E-state index in [4.69, 9.17) is 4.74 Å². The van der Waals surface area contributed by atoms with E-state index in [0.29, 0.717) is 25.5 Å². The fourth-order valence-electron chi connectivity index (χ4n) is 1.25. The first-order valence-electron chi connectivity index (χ1n) is 4.41. The monoisotopic (exact) mass is 196 g/mol. The van der Waals surface area contributed by atoms with Gasteiger partial charge in [-0.15, -0.1) is 0 Å². The maximum Gasteiger partial charge on any atom is 0.273 e. The van der Waals surface area contributed by atoms with E-state index in [1.54, 1.807) is 0 Å². The van der Waals surface area contributed by atoms with Gasteiger partial charge < -0.3 is 10.1 Å². The second kappa shape index (κ2) is 3.38. The summed E-state index contributed by atoms with van der Waals surface area (Å²) < 4.78 is 5.08. The molecule has 6 heteroatoms. The van der Waals surface area contributed by atoms with Crippen LogP contribution >= 0.6 is 0 Å². The Morgan fingerprint density at radius 1 is 1.79 bits per heavy atom. The highest BCUT2D eigenvalue weighted by Gasteiger charge is 2.33. The van der Waals surface area contributed by atoms with Gasteiger partial charge in [-0.1, -0.05) is 6.92 Å². The van der Waals surface area contributed by atoms with E-state index in [0.717, 1.165) is 0 Å². The molecule has 0 aliphatic carbocycles. The van der Waals surface area contributed by atoms with Crippen molar-refractivity contribution in [3.63, 3.8) is 0 Å². The number of hydrogen-bond acceptors (Lipinski definition) is 4. The molecule has 1 fully saturated rings. The summed E-state index contributed by atoms with van der Waals surface area (Å²) in [7, 11) is 0. The van der Waals surface area contributed by atoms with Crippen molar-refractivity contribution in [2.75, 3.05) is 19.8 Å². The first kappa shape index (κ1) is 9.14. The summed E-state index contributed by atoms with van der Waals surface area (Å²) in [6, 6.07) is 0. The van der Waals surface area contributed by atoms with Crippen molar-refractivity contribution in [2.24, 2.45) is 5.41 Å². The molecular formula is C8H12N4O2. The van der Waals surface area contributed by atoms with Crippen LogP contribution < -0.4 is 5.32 Å². The number of carbonyl (C=O) groups excluding carboxylic acids is 1. The Morgan fingerprint density at radius 3 is 3.07 bits per heavy atom. The third kappa shape index (κ3) is 1.74. The van der Waals surface area contributed by atoms with Gasteiger partial charge >= 0.3 is 0 Å². The SMILES string of the molecule is CC1(CNC(=O)c2cn[nH]n2)COC1. The second-order valence-electron chi connectivity index (χ2n) is 3.84. The number of amides is 1. The van der Waals surface area contributed by atoms with Gasteiger partial charge in [0.25, 0.3) is 5.91 Å². The lowest BCUT2D eigenvalue weighted by atomic mass is 9.89. The number of carbonyl (C=O) groups is 1. The van der Waals surface area contributed by atoms with Crippen LogP contribution in [-0.2, 0) is 4.74 Å². The van der Waals surface area contributed by atoms with Gasteiger partial charge in [-0.2, -0.15) is 15.4 Å². The van der Waals surface area contributed by atoms with Crippen LogP contribution in [0, 0.1) is 5.41 Å². The van der Waals surface area contributed by atoms with Crippen molar-refractivity contribution in [1.82, 2.24) is 20.7 Å². The van der Waals surface area contributed by atoms with Crippen LogP contribution in [0.25, 0.3) is 0 Å². The number of ether oxygens (including phenoxy) is 1. The molecule has 2 heterocycles. The van der Waals surface area contributed by atoms with Crippen LogP contribution in [-0.4, -0.2) is 41.1 Å². The predicted molar refractivity (Wildman–Crippen MR) is 47.6 cm³/mol. The van der Waals surface area contributed by atoms with Gasteiger partial charge in [-0.25, -0.2) is 0 Å². The van der Waals surface area contributed by atoms with Crippen molar-refractivity contribution in [3.05, 3.63) is 11.9 Å². The van der Waals surface area contributed by atoms with Gasteiger partial charge in [0.2, 0.25) is 0 Å². The van der Waals surface area contributed by atoms with E-state index in [9.17, 15) is 4.79 Å². The summed E-state index contributed by atoms with van der Waals surface area (Å²) in [6.07, 6.45) is 1.40. The highest BCUT2D eigenvalue weighted by molar-refractivity contribution is 5.91. The molecule has 1 aliphatic heterocycles. The quantitative estimate of drug-likeness (QED) is 0.687. The van der Waals surface area contributed by atoms with Crippen molar-refractivity contribution in [3.8, 4) is 0 Å². The standard InChI is InChI=1S/C8H12N4O2/c1-8(4-14-5-8)3-9-7(13)6-2-10-12-11-6/h2H,3-5H2,1H3,(H,9,13)(H,10,11,12). The van der Waals surface area contributed by atoms with Crippen LogP contribution in [0.4, 0.5) is 0 Å².